The highest BCUT2D eigenvalue weighted by Crippen LogP contribution is 2.31. The van der Waals surface area contributed by atoms with E-state index >= 15 is 0 Å². The first kappa shape index (κ1) is 13.9. The van der Waals surface area contributed by atoms with Gasteiger partial charge in [-0.2, -0.15) is 0 Å². The molecular weight excluding hydrogens is 240 g/mol. The van der Waals surface area contributed by atoms with E-state index in [0.717, 1.165) is 31.4 Å². The van der Waals surface area contributed by atoms with Gasteiger partial charge in [0.2, 0.25) is 0 Å². The molecule has 1 aromatic carbocycles. The molecule has 0 aliphatic heterocycles. The molecule has 0 spiro atoms. The van der Waals surface area contributed by atoms with Gasteiger partial charge in [0.05, 0.1) is 12.1 Å². The van der Waals surface area contributed by atoms with Crippen LogP contribution in [0.1, 0.15) is 43.0 Å². The number of ether oxygens (including phenoxy) is 1. The summed E-state index contributed by atoms with van der Waals surface area (Å²) in [5.41, 5.74) is 6.20. The number of nitrogens with two attached hydrogens (primary N) is 1. The Labute approximate surface area is 114 Å². The van der Waals surface area contributed by atoms with Gasteiger partial charge in [-0.1, -0.05) is 13.0 Å². The van der Waals surface area contributed by atoms with Gasteiger partial charge in [0.25, 0.3) is 5.91 Å². The molecule has 4 nitrogen and oxygen atoms in total. The van der Waals surface area contributed by atoms with Gasteiger partial charge in [-0.3, -0.25) is 4.79 Å². The number of carbonyl (C=O) groups is 1. The number of amides is 1. The quantitative estimate of drug-likeness (QED) is 0.825. The molecule has 0 bridgehead atoms. The van der Waals surface area contributed by atoms with E-state index in [1.165, 1.54) is 0 Å². The van der Waals surface area contributed by atoms with Crippen LogP contribution in [0.3, 0.4) is 0 Å². The van der Waals surface area contributed by atoms with Crippen molar-refractivity contribution in [3.63, 3.8) is 0 Å². The SMILES string of the molecule is CCCOc1cccc(C(=O)NC2(CN)CCC2)c1. The molecule has 0 atom stereocenters. The summed E-state index contributed by atoms with van der Waals surface area (Å²) in [6, 6.07) is 7.30. The van der Waals surface area contributed by atoms with Crippen molar-refractivity contribution in [2.24, 2.45) is 5.73 Å². The van der Waals surface area contributed by atoms with Crippen LogP contribution in [0.4, 0.5) is 0 Å². The van der Waals surface area contributed by atoms with Crippen molar-refractivity contribution in [3.8, 4) is 5.75 Å². The van der Waals surface area contributed by atoms with Gasteiger partial charge in [0, 0.05) is 12.1 Å². The molecule has 1 saturated carbocycles. The second-order valence-corrected chi connectivity index (χ2v) is 5.17. The van der Waals surface area contributed by atoms with Gasteiger partial charge in [-0.15, -0.1) is 0 Å². The minimum absolute atomic E-state index is 0.0629. The van der Waals surface area contributed by atoms with E-state index in [0.29, 0.717) is 18.7 Å². The number of hydrogen-bond donors (Lipinski definition) is 2. The molecule has 0 radical (unpaired) electrons. The van der Waals surface area contributed by atoms with Crippen molar-refractivity contribution in [1.82, 2.24) is 5.32 Å². The van der Waals surface area contributed by atoms with E-state index in [4.69, 9.17) is 10.5 Å². The molecule has 1 aliphatic carbocycles. The van der Waals surface area contributed by atoms with Crippen LogP contribution >= 0.6 is 0 Å². The Morgan fingerprint density at radius 3 is 2.84 bits per heavy atom. The lowest BCUT2D eigenvalue weighted by molar-refractivity contribution is 0.0837. The summed E-state index contributed by atoms with van der Waals surface area (Å²) in [7, 11) is 0. The van der Waals surface area contributed by atoms with Crippen molar-refractivity contribution in [2.45, 2.75) is 38.1 Å². The van der Waals surface area contributed by atoms with Crippen molar-refractivity contribution >= 4 is 5.91 Å². The van der Waals surface area contributed by atoms with Crippen molar-refractivity contribution in [2.75, 3.05) is 13.2 Å². The molecule has 3 N–H and O–H groups in total. The number of carbonyl (C=O) groups excluding carboxylic acids is 1. The first-order valence-electron chi connectivity index (χ1n) is 6.94. The first-order valence-corrected chi connectivity index (χ1v) is 6.94. The Morgan fingerprint density at radius 2 is 2.26 bits per heavy atom. The Kier molecular flexibility index (Phi) is 4.43. The van der Waals surface area contributed by atoms with Crippen molar-refractivity contribution < 1.29 is 9.53 Å². The third-order valence-electron chi connectivity index (χ3n) is 3.65. The lowest BCUT2D eigenvalue weighted by Gasteiger charge is -2.41. The summed E-state index contributed by atoms with van der Waals surface area (Å²) in [6.07, 6.45) is 4.03. The van der Waals surface area contributed by atoms with Gasteiger partial charge < -0.3 is 15.8 Å². The lowest BCUT2D eigenvalue weighted by Crippen LogP contribution is -2.58. The molecule has 0 aromatic heterocycles. The van der Waals surface area contributed by atoms with E-state index < -0.39 is 0 Å². The van der Waals surface area contributed by atoms with E-state index in [2.05, 4.69) is 12.2 Å². The average molecular weight is 262 g/mol. The molecule has 1 aromatic rings. The lowest BCUT2D eigenvalue weighted by atomic mass is 9.76. The summed E-state index contributed by atoms with van der Waals surface area (Å²) in [6.45, 7) is 3.22. The van der Waals surface area contributed by atoms with E-state index in [1.54, 1.807) is 12.1 Å². The van der Waals surface area contributed by atoms with Crippen LogP contribution in [-0.4, -0.2) is 24.6 Å². The summed E-state index contributed by atoms with van der Waals surface area (Å²) in [5, 5.41) is 3.06. The fraction of sp³-hybridized carbons (Fsp3) is 0.533. The summed E-state index contributed by atoms with van der Waals surface area (Å²) in [5.74, 6) is 0.678. The smallest absolute Gasteiger partial charge is 0.251 e. The summed E-state index contributed by atoms with van der Waals surface area (Å²) in [4.78, 5) is 12.2. The third kappa shape index (κ3) is 3.26. The van der Waals surface area contributed by atoms with Crippen LogP contribution in [-0.2, 0) is 0 Å². The standard InChI is InChI=1S/C15H22N2O2/c1-2-9-19-13-6-3-5-12(10-13)14(18)17-15(11-16)7-4-8-15/h3,5-6,10H,2,4,7-9,11,16H2,1H3,(H,17,18). The molecule has 104 valence electrons. The Hall–Kier alpha value is -1.55. The number of nitrogens with one attached hydrogen (secondary N) is 1. The molecule has 0 heterocycles. The molecule has 4 heteroatoms. The topological polar surface area (TPSA) is 64.3 Å². The maximum atomic E-state index is 12.2. The molecule has 19 heavy (non-hydrogen) atoms. The van der Waals surface area contributed by atoms with Crippen LogP contribution in [0.15, 0.2) is 24.3 Å². The second kappa shape index (κ2) is 6.06. The summed E-state index contributed by atoms with van der Waals surface area (Å²) >= 11 is 0. The summed E-state index contributed by atoms with van der Waals surface area (Å²) < 4.78 is 5.54. The third-order valence-corrected chi connectivity index (χ3v) is 3.65. The number of benzene rings is 1. The highest BCUT2D eigenvalue weighted by atomic mass is 16.5. The Balaban J connectivity index is 2.02. The fourth-order valence-corrected chi connectivity index (χ4v) is 2.24. The van der Waals surface area contributed by atoms with Crippen molar-refractivity contribution in [3.05, 3.63) is 29.8 Å². The van der Waals surface area contributed by atoms with Gasteiger partial charge >= 0.3 is 0 Å². The predicted octanol–water partition coefficient (Wildman–Crippen LogP) is 2.09. The molecular formula is C15H22N2O2. The predicted molar refractivity (Wildman–Crippen MR) is 75.3 cm³/mol. The maximum Gasteiger partial charge on any atom is 0.251 e. The molecule has 1 aliphatic rings. The normalized spacial score (nSPS) is 16.5. The highest BCUT2D eigenvalue weighted by molar-refractivity contribution is 5.95. The Bertz CT molecular complexity index is 436. The average Bonchev–Trinajstić information content (AvgIpc) is 2.40. The molecule has 1 fully saturated rings. The van der Waals surface area contributed by atoms with Crippen LogP contribution in [0.5, 0.6) is 5.75 Å². The largest absolute Gasteiger partial charge is 0.494 e. The van der Waals surface area contributed by atoms with Gasteiger partial charge in [-0.05, 0) is 43.9 Å². The monoisotopic (exact) mass is 262 g/mol. The minimum Gasteiger partial charge on any atom is -0.494 e. The zero-order valence-electron chi connectivity index (χ0n) is 11.4. The maximum absolute atomic E-state index is 12.2. The zero-order chi connectivity index (χ0) is 13.7. The molecule has 0 unspecified atom stereocenters. The first-order chi connectivity index (χ1) is 9.19. The van der Waals surface area contributed by atoms with E-state index in [-0.39, 0.29) is 11.4 Å². The van der Waals surface area contributed by atoms with Crippen LogP contribution < -0.4 is 15.8 Å². The van der Waals surface area contributed by atoms with E-state index in [1.807, 2.05) is 12.1 Å². The molecule has 2 rings (SSSR count). The van der Waals surface area contributed by atoms with Crippen LogP contribution in [0, 0.1) is 0 Å². The molecule has 1 amide bonds. The number of rotatable bonds is 6. The fourth-order valence-electron chi connectivity index (χ4n) is 2.24. The molecule has 0 saturated heterocycles. The van der Waals surface area contributed by atoms with Gasteiger partial charge in [0.15, 0.2) is 0 Å². The second-order valence-electron chi connectivity index (χ2n) is 5.17. The van der Waals surface area contributed by atoms with Crippen molar-refractivity contribution in [1.29, 1.82) is 0 Å². The van der Waals surface area contributed by atoms with Crippen LogP contribution in [0.2, 0.25) is 0 Å². The Morgan fingerprint density at radius 1 is 1.47 bits per heavy atom. The zero-order valence-corrected chi connectivity index (χ0v) is 11.4. The minimum atomic E-state index is -0.183. The van der Waals surface area contributed by atoms with Crippen LogP contribution in [0.25, 0.3) is 0 Å². The van der Waals surface area contributed by atoms with Gasteiger partial charge in [0.1, 0.15) is 5.75 Å². The number of hydrogen-bond acceptors (Lipinski definition) is 3. The van der Waals surface area contributed by atoms with E-state index in [9.17, 15) is 4.79 Å². The highest BCUT2D eigenvalue weighted by Gasteiger charge is 2.37. The van der Waals surface area contributed by atoms with Gasteiger partial charge in [-0.25, -0.2) is 0 Å².